The molecule has 1 aromatic carbocycles. The summed E-state index contributed by atoms with van der Waals surface area (Å²) >= 11 is 5.87. The van der Waals surface area contributed by atoms with Crippen molar-refractivity contribution in [3.05, 3.63) is 62.6 Å². The van der Waals surface area contributed by atoms with E-state index >= 15 is 0 Å². The maximum absolute atomic E-state index is 11.5. The Kier molecular flexibility index (Phi) is 3.10. The zero-order valence-corrected chi connectivity index (χ0v) is 11.9. The number of halogens is 1. The minimum Gasteiger partial charge on any atom is -0.404 e. The van der Waals surface area contributed by atoms with Crippen LogP contribution in [0.1, 0.15) is 16.8 Å². The van der Waals surface area contributed by atoms with Crippen molar-refractivity contribution in [2.45, 2.75) is 20.4 Å². The number of rotatable bonds is 2. The Morgan fingerprint density at radius 1 is 1.25 bits per heavy atom. The highest BCUT2D eigenvalue weighted by atomic mass is 35.5. The Hall–Kier alpha value is -2.07. The highest BCUT2D eigenvalue weighted by molar-refractivity contribution is 6.30. The minimum atomic E-state index is -0.354. The zero-order valence-electron chi connectivity index (χ0n) is 11.2. The monoisotopic (exact) mass is 288 g/mol. The standard InChI is InChI=1S/C15H13ClN2O2/c1-9-7-13(19)20-15-14(9)10(2)17-18(15)8-11-3-5-12(16)6-4-11/h3-7H,8H2,1-2H3. The maximum atomic E-state index is 11.5. The van der Waals surface area contributed by atoms with Crippen molar-refractivity contribution in [3.63, 3.8) is 0 Å². The van der Waals surface area contributed by atoms with Gasteiger partial charge in [0.1, 0.15) is 0 Å². The van der Waals surface area contributed by atoms with Crippen LogP contribution < -0.4 is 5.63 Å². The Balaban J connectivity index is 2.12. The summed E-state index contributed by atoms with van der Waals surface area (Å²) < 4.78 is 7.02. The summed E-state index contributed by atoms with van der Waals surface area (Å²) in [4.78, 5) is 11.5. The van der Waals surface area contributed by atoms with Crippen LogP contribution in [0.2, 0.25) is 5.02 Å². The Morgan fingerprint density at radius 2 is 1.95 bits per heavy atom. The lowest BCUT2D eigenvalue weighted by molar-refractivity contribution is 0.512. The van der Waals surface area contributed by atoms with Crippen LogP contribution in [0.15, 0.2) is 39.5 Å². The molecule has 20 heavy (non-hydrogen) atoms. The summed E-state index contributed by atoms with van der Waals surface area (Å²) in [6.45, 7) is 4.34. The topological polar surface area (TPSA) is 48.0 Å². The molecule has 0 bridgehead atoms. The predicted molar refractivity (Wildman–Crippen MR) is 78.3 cm³/mol. The molecule has 0 amide bonds. The molecule has 0 aliphatic rings. The molecule has 0 aliphatic heterocycles. The number of aryl methyl sites for hydroxylation is 2. The second-order valence-electron chi connectivity index (χ2n) is 4.80. The van der Waals surface area contributed by atoms with Crippen LogP contribution in [-0.2, 0) is 6.54 Å². The van der Waals surface area contributed by atoms with Crippen LogP contribution in [0.3, 0.4) is 0 Å². The van der Waals surface area contributed by atoms with E-state index in [2.05, 4.69) is 5.10 Å². The SMILES string of the molecule is Cc1cc(=O)oc2c1c(C)nn2Cc1ccc(Cl)cc1. The number of hydrogen-bond donors (Lipinski definition) is 0. The largest absolute Gasteiger partial charge is 0.404 e. The molecule has 0 saturated carbocycles. The summed E-state index contributed by atoms with van der Waals surface area (Å²) in [5, 5.41) is 6.05. The lowest BCUT2D eigenvalue weighted by Gasteiger charge is -2.03. The quantitative estimate of drug-likeness (QED) is 0.727. The van der Waals surface area contributed by atoms with E-state index in [1.165, 1.54) is 6.07 Å². The molecule has 2 aromatic heterocycles. The van der Waals surface area contributed by atoms with Gasteiger partial charge in [-0.15, -0.1) is 0 Å². The normalized spacial score (nSPS) is 11.2. The molecule has 4 nitrogen and oxygen atoms in total. The summed E-state index contributed by atoms with van der Waals surface area (Å²) in [5.74, 6) is 0. The summed E-state index contributed by atoms with van der Waals surface area (Å²) in [6.07, 6.45) is 0. The molecule has 3 aromatic rings. The first-order valence-corrected chi connectivity index (χ1v) is 6.65. The maximum Gasteiger partial charge on any atom is 0.337 e. The highest BCUT2D eigenvalue weighted by Gasteiger charge is 2.13. The van der Waals surface area contributed by atoms with Gasteiger partial charge < -0.3 is 4.42 Å². The number of hydrogen-bond acceptors (Lipinski definition) is 3. The lowest BCUT2D eigenvalue weighted by Crippen LogP contribution is -2.04. The molecule has 3 rings (SSSR count). The van der Waals surface area contributed by atoms with E-state index in [-0.39, 0.29) is 5.63 Å². The smallest absolute Gasteiger partial charge is 0.337 e. The highest BCUT2D eigenvalue weighted by Crippen LogP contribution is 2.21. The molecule has 0 saturated heterocycles. The fourth-order valence-corrected chi connectivity index (χ4v) is 2.49. The number of fused-ring (bicyclic) bond motifs is 1. The van der Waals surface area contributed by atoms with Gasteiger partial charge in [-0.25, -0.2) is 9.48 Å². The first-order valence-electron chi connectivity index (χ1n) is 6.27. The number of benzene rings is 1. The Morgan fingerprint density at radius 3 is 2.65 bits per heavy atom. The van der Waals surface area contributed by atoms with E-state index in [0.29, 0.717) is 17.3 Å². The molecule has 5 heteroatoms. The Bertz CT molecular complexity index is 831. The first-order chi connectivity index (χ1) is 9.54. The van der Waals surface area contributed by atoms with E-state index in [9.17, 15) is 4.79 Å². The van der Waals surface area contributed by atoms with Gasteiger partial charge >= 0.3 is 5.63 Å². The van der Waals surface area contributed by atoms with Gasteiger partial charge in [-0.3, -0.25) is 0 Å². The van der Waals surface area contributed by atoms with Crippen molar-refractivity contribution in [1.29, 1.82) is 0 Å². The fraction of sp³-hybridized carbons (Fsp3) is 0.200. The van der Waals surface area contributed by atoms with Gasteiger partial charge in [-0.1, -0.05) is 23.7 Å². The van der Waals surface area contributed by atoms with Crippen LogP contribution in [0.5, 0.6) is 0 Å². The average Bonchev–Trinajstić information content (AvgIpc) is 2.69. The van der Waals surface area contributed by atoms with E-state index in [0.717, 1.165) is 22.2 Å². The molecule has 0 radical (unpaired) electrons. The molecule has 0 fully saturated rings. The first kappa shape index (κ1) is 12.9. The molecule has 0 unspecified atom stereocenters. The molecule has 0 atom stereocenters. The Labute approximate surface area is 120 Å². The van der Waals surface area contributed by atoms with Crippen LogP contribution in [0.4, 0.5) is 0 Å². The van der Waals surface area contributed by atoms with Crippen LogP contribution in [0.25, 0.3) is 11.1 Å². The van der Waals surface area contributed by atoms with Crippen LogP contribution in [-0.4, -0.2) is 9.78 Å². The molecular formula is C15H13ClN2O2. The number of aromatic nitrogens is 2. The molecule has 0 aliphatic carbocycles. The van der Waals surface area contributed by atoms with Crippen molar-refractivity contribution in [2.24, 2.45) is 0 Å². The van der Waals surface area contributed by atoms with Gasteiger partial charge in [-0.05, 0) is 37.1 Å². The zero-order chi connectivity index (χ0) is 14.3. The van der Waals surface area contributed by atoms with Crippen molar-refractivity contribution < 1.29 is 4.42 Å². The van der Waals surface area contributed by atoms with Crippen molar-refractivity contribution in [3.8, 4) is 0 Å². The summed E-state index contributed by atoms with van der Waals surface area (Å²) in [5.41, 5.74) is 2.95. The van der Waals surface area contributed by atoms with E-state index in [1.54, 1.807) is 4.68 Å². The van der Waals surface area contributed by atoms with E-state index in [4.69, 9.17) is 16.0 Å². The fourth-order valence-electron chi connectivity index (χ4n) is 2.36. The number of nitrogens with zero attached hydrogens (tertiary/aromatic N) is 2. The minimum absolute atomic E-state index is 0.354. The molecule has 0 spiro atoms. The van der Waals surface area contributed by atoms with Crippen molar-refractivity contribution in [2.75, 3.05) is 0 Å². The third-order valence-corrected chi connectivity index (χ3v) is 3.50. The van der Waals surface area contributed by atoms with E-state index < -0.39 is 0 Å². The van der Waals surface area contributed by atoms with Crippen molar-refractivity contribution in [1.82, 2.24) is 9.78 Å². The van der Waals surface area contributed by atoms with Gasteiger partial charge in [0.05, 0.1) is 17.6 Å². The predicted octanol–water partition coefficient (Wildman–Crippen LogP) is 3.31. The summed E-state index contributed by atoms with van der Waals surface area (Å²) in [6, 6.07) is 9.01. The third-order valence-electron chi connectivity index (χ3n) is 3.25. The average molecular weight is 289 g/mol. The van der Waals surface area contributed by atoms with Gasteiger partial charge in [-0.2, -0.15) is 5.10 Å². The van der Waals surface area contributed by atoms with Crippen LogP contribution in [0, 0.1) is 13.8 Å². The molecule has 0 N–H and O–H groups in total. The second-order valence-corrected chi connectivity index (χ2v) is 5.23. The molecule has 102 valence electrons. The van der Waals surface area contributed by atoms with Gasteiger partial charge in [0.25, 0.3) is 0 Å². The lowest BCUT2D eigenvalue weighted by atomic mass is 10.2. The second kappa shape index (κ2) is 4.80. The molecular weight excluding hydrogens is 276 g/mol. The van der Waals surface area contributed by atoms with Gasteiger partial charge in [0.15, 0.2) is 0 Å². The van der Waals surface area contributed by atoms with Crippen LogP contribution >= 0.6 is 11.6 Å². The molecule has 2 heterocycles. The van der Waals surface area contributed by atoms with Gasteiger partial charge in [0.2, 0.25) is 5.71 Å². The van der Waals surface area contributed by atoms with Crippen molar-refractivity contribution >= 4 is 22.7 Å². The summed E-state index contributed by atoms with van der Waals surface area (Å²) in [7, 11) is 0. The van der Waals surface area contributed by atoms with Gasteiger partial charge in [0, 0.05) is 11.1 Å². The third kappa shape index (κ3) is 2.23. The van der Waals surface area contributed by atoms with E-state index in [1.807, 2.05) is 38.1 Å².